The van der Waals surface area contributed by atoms with Gasteiger partial charge in [-0.25, -0.2) is 13.4 Å². The molecule has 142 valence electrons. The molecule has 9 heteroatoms. The lowest BCUT2D eigenvalue weighted by Crippen LogP contribution is -1.97. The van der Waals surface area contributed by atoms with Gasteiger partial charge >= 0.3 is 0 Å². The van der Waals surface area contributed by atoms with E-state index in [0.717, 1.165) is 22.1 Å². The minimum absolute atomic E-state index is 0. The number of thioether (sulfide) groups is 1. The van der Waals surface area contributed by atoms with Gasteiger partial charge in [0.15, 0.2) is 15.0 Å². The molecule has 6 nitrogen and oxygen atoms in total. The average molecular weight is 415 g/mol. The highest BCUT2D eigenvalue weighted by atomic mass is 32.2. The summed E-state index contributed by atoms with van der Waals surface area (Å²) in [5.74, 6) is 0. The summed E-state index contributed by atoms with van der Waals surface area (Å²) in [4.78, 5) is 6.11. The van der Waals surface area contributed by atoms with E-state index in [1.807, 2.05) is 5.38 Å². The van der Waals surface area contributed by atoms with E-state index in [-0.39, 0.29) is 12.4 Å². The number of hydrogen-bond donors (Lipinski definition) is 1. The SMILES string of the molecule is CSc1ccc(-c2csc(Nc3ccc(S(C)(=O)=O)cc3)n2)cc1.O.O.[HH]. The summed E-state index contributed by atoms with van der Waals surface area (Å²) < 4.78 is 23.0. The predicted octanol–water partition coefficient (Wildman–Crippen LogP) is 3.28. The summed E-state index contributed by atoms with van der Waals surface area (Å²) in [7, 11) is -3.17. The van der Waals surface area contributed by atoms with Gasteiger partial charge in [0.2, 0.25) is 0 Å². The number of nitrogens with one attached hydrogen (secondary N) is 1. The largest absolute Gasteiger partial charge is 0.412 e. The van der Waals surface area contributed by atoms with Crippen LogP contribution in [0.15, 0.2) is 63.7 Å². The minimum atomic E-state index is -3.17. The molecule has 0 fully saturated rings. The highest BCUT2D eigenvalue weighted by Crippen LogP contribution is 2.28. The first kappa shape index (κ1) is 22.1. The number of anilines is 2. The number of thiazole rings is 1. The van der Waals surface area contributed by atoms with Crippen molar-refractivity contribution in [2.24, 2.45) is 0 Å². The highest BCUT2D eigenvalue weighted by molar-refractivity contribution is 7.98. The van der Waals surface area contributed by atoms with Crippen LogP contribution in [-0.2, 0) is 9.84 Å². The van der Waals surface area contributed by atoms with Crippen molar-refractivity contribution < 1.29 is 20.8 Å². The molecular weight excluding hydrogens is 392 g/mol. The molecule has 0 bridgehead atoms. The van der Waals surface area contributed by atoms with Gasteiger partial charge in [0.1, 0.15) is 0 Å². The number of sulfone groups is 1. The van der Waals surface area contributed by atoms with E-state index >= 15 is 0 Å². The lowest BCUT2D eigenvalue weighted by atomic mass is 10.2. The maximum atomic E-state index is 11.5. The van der Waals surface area contributed by atoms with Crippen molar-refractivity contribution in [2.75, 3.05) is 17.8 Å². The number of benzene rings is 2. The third-order valence-corrected chi connectivity index (χ3v) is 6.05. The molecule has 0 aliphatic carbocycles. The van der Waals surface area contributed by atoms with Crippen molar-refractivity contribution in [1.82, 2.24) is 4.98 Å². The molecule has 1 aromatic heterocycles. The van der Waals surface area contributed by atoms with Crippen LogP contribution in [0.5, 0.6) is 0 Å². The first-order valence-electron chi connectivity index (χ1n) is 7.13. The van der Waals surface area contributed by atoms with E-state index in [0.29, 0.717) is 4.90 Å². The van der Waals surface area contributed by atoms with E-state index in [9.17, 15) is 8.42 Å². The predicted molar refractivity (Wildman–Crippen MR) is 112 cm³/mol. The van der Waals surface area contributed by atoms with Gasteiger partial charge in [-0.3, -0.25) is 0 Å². The first-order chi connectivity index (χ1) is 11.5. The summed E-state index contributed by atoms with van der Waals surface area (Å²) in [6.45, 7) is 0. The van der Waals surface area contributed by atoms with Gasteiger partial charge in [-0.05, 0) is 42.7 Å². The second kappa shape index (κ2) is 9.15. The molecule has 1 heterocycles. The Bertz CT molecular complexity index is 943. The summed E-state index contributed by atoms with van der Waals surface area (Å²) in [5.41, 5.74) is 2.80. The van der Waals surface area contributed by atoms with Gasteiger partial charge in [0.05, 0.1) is 10.6 Å². The summed E-state index contributed by atoms with van der Waals surface area (Å²) >= 11 is 3.22. The molecule has 0 amide bonds. The van der Waals surface area contributed by atoms with Gasteiger partial charge in [0, 0.05) is 29.2 Å². The molecule has 26 heavy (non-hydrogen) atoms. The van der Waals surface area contributed by atoms with Crippen LogP contribution < -0.4 is 5.32 Å². The number of nitrogens with zero attached hydrogens (tertiary/aromatic N) is 1. The van der Waals surface area contributed by atoms with Gasteiger partial charge in [-0.2, -0.15) is 0 Å². The van der Waals surface area contributed by atoms with E-state index in [1.54, 1.807) is 36.0 Å². The standard InChI is InChI=1S/C17H16N2O2S3.2H2O.H2/c1-22-14-7-3-12(4-8-14)16-11-23-17(19-16)18-13-5-9-15(10-6-13)24(2,20)21;;;/h3-11H,1-2H3,(H,18,19);2*1H2;1H. The van der Waals surface area contributed by atoms with Crippen molar-refractivity contribution in [3.05, 3.63) is 53.9 Å². The van der Waals surface area contributed by atoms with Crippen LogP contribution in [0.1, 0.15) is 1.43 Å². The van der Waals surface area contributed by atoms with Crippen molar-refractivity contribution in [2.45, 2.75) is 9.79 Å². The van der Waals surface area contributed by atoms with E-state index in [2.05, 4.69) is 40.8 Å². The smallest absolute Gasteiger partial charge is 0.187 e. The Morgan fingerprint density at radius 3 is 2.19 bits per heavy atom. The first-order valence-corrected chi connectivity index (χ1v) is 11.1. The highest BCUT2D eigenvalue weighted by Gasteiger charge is 2.08. The van der Waals surface area contributed by atoms with Crippen LogP contribution in [0.4, 0.5) is 10.8 Å². The van der Waals surface area contributed by atoms with Crippen molar-refractivity contribution in [3.63, 3.8) is 0 Å². The Kier molecular flexibility index (Phi) is 7.79. The normalized spacial score (nSPS) is 10.5. The maximum absolute atomic E-state index is 11.5. The topological polar surface area (TPSA) is 122 Å². The third-order valence-electron chi connectivity index (χ3n) is 3.42. The third kappa shape index (κ3) is 5.29. The van der Waals surface area contributed by atoms with E-state index < -0.39 is 9.84 Å². The van der Waals surface area contributed by atoms with Crippen molar-refractivity contribution in [3.8, 4) is 11.3 Å². The molecule has 5 N–H and O–H groups in total. The molecule has 0 aliphatic heterocycles. The fourth-order valence-electron chi connectivity index (χ4n) is 2.13. The zero-order valence-electron chi connectivity index (χ0n) is 14.2. The zero-order chi connectivity index (χ0) is 17.2. The lowest BCUT2D eigenvalue weighted by molar-refractivity contribution is 0.602. The van der Waals surface area contributed by atoms with E-state index in [4.69, 9.17) is 0 Å². The van der Waals surface area contributed by atoms with Crippen LogP contribution >= 0.6 is 23.1 Å². The van der Waals surface area contributed by atoms with Crippen LogP contribution in [0.25, 0.3) is 11.3 Å². The van der Waals surface area contributed by atoms with Crippen LogP contribution in [-0.4, -0.2) is 36.9 Å². The molecule has 0 radical (unpaired) electrons. The molecular formula is C17H22N2O4S3. The van der Waals surface area contributed by atoms with Crippen LogP contribution in [0.3, 0.4) is 0 Å². The number of rotatable bonds is 5. The molecule has 0 unspecified atom stereocenters. The Labute approximate surface area is 162 Å². The lowest BCUT2D eigenvalue weighted by Gasteiger charge is -2.04. The summed E-state index contributed by atoms with van der Waals surface area (Å²) in [5, 5.41) is 5.97. The minimum Gasteiger partial charge on any atom is -0.412 e. The van der Waals surface area contributed by atoms with Gasteiger partial charge in [0.25, 0.3) is 0 Å². The van der Waals surface area contributed by atoms with Crippen LogP contribution in [0.2, 0.25) is 0 Å². The second-order valence-corrected chi connectivity index (χ2v) is 8.94. The quantitative estimate of drug-likeness (QED) is 0.642. The molecule has 0 aliphatic rings. The Balaban J connectivity index is 0.00000225. The summed E-state index contributed by atoms with van der Waals surface area (Å²) in [6.07, 6.45) is 3.25. The molecule has 0 atom stereocenters. The molecule has 0 saturated heterocycles. The molecule has 3 rings (SSSR count). The number of hydrogen-bond acceptors (Lipinski definition) is 6. The monoisotopic (exact) mass is 414 g/mol. The summed E-state index contributed by atoms with van der Waals surface area (Å²) in [6, 6.07) is 14.9. The second-order valence-electron chi connectivity index (χ2n) is 5.19. The fourth-order valence-corrected chi connectivity index (χ4v) is 3.91. The fraction of sp³-hybridized carbons (Fsp3) is 0.118. The molecule has 0 spiro atoms. The van der Waals surface area contributed by atoms with Crippen molar-refractivity contribution >= 4 is 43.8 Å². The molecule has 3 aromatic rings. The van der Waals surface area contributed by atoms with Gasteiger partial charge < -0.3 is 16.3 Å². The van der Waals surface area contributed by atoms with E-state index in [1.165, 1.54) is 22.5 Å². The Morgan fingerprint density at radius 2 is 1.65 bits per heavy atom. The average Bonchev–Trinajstić information content (AvgIpc) is 3.03. The van der Waals surface area contributed by atoms with Crippen LogP contribution in [0, 0.1) is 0 Å². The Hall–Kier alpha value is -1.91. The maximum Gasteiger partial charge on any atom is 0.187 e. The Morgan fingerprint density at radius 1 is 1.04 bits per heavy atom. The zero-order valence-corrected chi connectivity index (χ0v) is 16.6. The molecule has 2 aromatic carbocycles. The molecule has 0 saturated carbocycles. The van der Waals surface area contributed by atoms with Gasteiger partial charge in [-0.1, -0.05) is 12.1 Å². The number of aromatic nitrogens is 1. The van der Waals surface area contributed by atoms with Crippen molar-refractivity contribution in [1.29, 1.82) is 0 Å². The van der Waals surface area contributed by atoms with Gasteiger partial charge in [-0.15, -0.1) is 23.1 Å².